The van der Waals surface area contributed by atoms with E-state index < -0.39 is 5.97 Å². The van der Waals surface area contributed by atoms with Crippen LogP contribution in [0.15, 0.2) is 0 Å². The smallest absolute Gasteiger partial charge is 0.303 e. The van der Waals surface area contributed by atoms with E-state index in [1.54, 1.807) is 0 Å². The Hall–Kier alpha value is -0.530. The molecule has 0 saturated heterocycles. The van der Waals surface area contributed by atoms with E-state index in [1.807, 2.05) is 13.8 Å². The summed E-state index contributed by atoms with van der Waals surface area (Å²) in [5.41, 5.74) is 0. The molecule has 0 fully saturated rings. The van der Waals surface area contributed by atoms with Crippen LogP contribution in [0.3, 0.4) is 0 Å². The molecule has 0 aromatic rings. The quantitative estimate of drug-likeness (QED) is 0.486. The van der Waals surface area contributed by atoms with Crippen molar-refractivity contribution >= 4 is 5.97 Å². The van der Waals surface area contributed by atoms with Crippen LogP contribution in [0.5, 0.6) is 0 Å². The molecule has 2 nitrogen and oxygen atoms in total. The SMILES string of the molecule is CC.CCCCCCCC(C)CCCCC(=O)O. The molecule has 0 amide bonds. The average Bonchev–Trinajstić information content (AvgIpc) is 2.36. The topological polar surface area (TPSA) is 37.3 Å². The Balaban J connectivity index is 0. The summed E-state index contributed by atoms with van der Waals surface area (Å²) in [5.74, 6) is 0.114. The number of aliphatic carboxylic acids is 1. The van der Waals surface area contributed by atoms with Crippen LogP contribution in [-0.2, 0) is 4.79 Å². The van der Waals surface area contributed by atoms with Gasteiger partial charge in [0.25, 0.3) is 0 Å². The van der Waals surface area contributed by atoms with E-state index in [4.69, 9.17) is 5.11 Å². The van der Waals surface area contributed by atoms with Crippen LogP contribution in [0.4, 0.5) is 0 Å². The van der Waals surface area contributed by atoms with Crippen molar-refractivity contribution in [2.75, 3.05) is 0 Å². The fourth-order valence-corrected chi connectivity index (χ4v) is 2.01. The van der Waals surface area contributed by atoms with Crippen LogP contribution >= 0.6 is 0 Å². The Morgan fingerprint density at radius 3 is 1.94 bits per heavy atom. The number of unbranched alkanes of at least 4 members (excludes halogenated alkanes) is 5. The van der Waals surface area contributed by atoms with Gasteiger partial charge in [0, 0.05) is 6.42 Å². The third kappa shape index (κ3) is 17.9. The molecule has 0 radical (unpaired) electrons. The third-order valence-corrected chi connectivity index (χ3v) is 3.14. The van der Waals surface area contributed by atoms with E-state index in [0.29, 0.717) is 6.42 Å². The molecule has 1 N–H and O–H groups in total. The summed E-state index contributed by atoms with van der Waals surface area (Å²) in [5, 5.41) is 8.50. The summed E-state index contributed by atoms with van der Waals surface area (Å²) in [6, 6.07) is 0. The maximum absolute atomic E-state index is 10.3. The molecule has 0 aromatic heterocycles. The van der Waals surface area contributed by atoms with Crippen LogP contribution in [0, 0.1) is 5.92 Å². The van der Waals surface area contributed by atoms with Crippen molar-refractivity contribution in [1.82, 2.24) is 0 Å². The lowest BCUT2D eigenvalue weighted by molar-refractivity contribution is -0.137. The Morgan fingerprint density at radius 2 is 1.44 bits per heavy atom. The van der Waals surface area contributed by atoms with Gasteiger partial charge in [-0.25, -0.2) is 0 Å². The Morgan fingerprint density at radius 1 is 0.944 bits per heavy atom. The highest BCUT2D eigenvalue weighted by Gasteiger charge is 2.03. The Labute approximate surface area is 114 Å². The molecular formula is C16H34O2. The summed E-state index contributed by atoms with van der Waals surface area (Å²) in [7, 11) is 0. The fourth-order valence-electron chi connectivity index (χ4n) is 2.01. The number of carboxylic acids is 1. The largest absolute Gasteiger partial charge is 0.481 e. The van der Waals surface area contributed by atoms with Crippen molar-refractivity contribution in [3.05, 3.63) is 0 Å². The molecule has 0 rings (SSSR count). The van der Waals surface area contributed by atoms with Gasteiger partial charge in [-0.2, -0.15) is 0 Å². The first-order chi connectivity index (χ1) is 8.66. The predicted octanol–water partition coefficient (Wildman–Crippen LogP) is 5.65. The molecule has 110 valence electrons. The zero-order valence-corrected chi connectivity index (χ0v) is 13.0. The summed E-state index contributed by atoms with van der Waals surface area (Å²) < 4.78 is 0. The van der Waals surface area contributed by atoms with Gasteiger partial charge < -0.3 is 5.11 Å². The molecular weight excluding hydrogens is 224 g/mol. The van der Waals surface area contributed by atoms with Gasteiger partial charge in [0.2, 0.25) is 0 Å². The van der Waals surface area contributed by atoms with Crippen molar-refractivity contribution in [2.24, 2.45) is 5.92 Å². The van der Waals surface area contributed by atoms with E-state index in [0.717, 1.165) is 18.8 Å². The maximum atomic E-state index is 10.3. The second-order valence-corrected chi connectivity index (χ2v) is 4.95. The minimum absolute atomic E-state index is 0.337. The second-order valence-electron chi connectivity index (χ2n) is 4.95. The van der Waals surface area contributed by atoms with Crippen molar-refractivity contribution < 1.29 is 9.90 Å². The van der Waals surface area contributed by atoms with Gasteiger partial charge in [0.15, 0.2) is 0 Å². The monoisotopic (exact) mass is 258 g/mol. The lowest BCUT2D eigenvalue weighted by Gasteiger charge is -2.10. The molecule has 1 atom stereocenters. The number of carboxylic acid groups (broad SMARTS) is 1. The average molecular weight is 258 g/mol. The third-order valence-electron chi connectivity index (χ3n) is 3.14. The molecule has 0 saturated carbocycles. The van der Waals surface area contributed by atoms with Gasteiger partial charge in [-0.05, 0) is 12.3 Å². The van der Waals surface area contributed by atoms with Gasteiger partial charge in [0.1, 0.15) is 0 Å². The summed E-state index contributed by atoms with van der Waals surface area (Å²) in [4.78, 5) is 10.3. The summed E-state index contributed by atoms with van der Waals surface area (Å²) in [6.07, 6.45) is 11.5. The van der Waals surface area contributed by atoms with Crippen LogP contribution in [-0.4, -0.2) is 11.1 Å². The molecule has 1 unspecified atom stereocenters. The zero-order valence-electron chi connectivity index (χ0n) is 13.0. The van der Waals surface area contributed by atoms with Crippen molar-refractivity contribution in [2.45, 2.75) is 91.9 Å². The van der Waals surface area contributed by atoms with Crippen molar-refractivity contribution in [1.29, 1.82) is 0 Å². The first kappa shape index (κ1) is 19.8. The normalized spacial score (nSPS) is 11.6. The number of hydrogen-bond donors (Lipinski definition) is 1. The molecule has 0 bridgehead atoms. The van der Waals surface area contributed by atoms with Crippen LogP contribution < -0.4 is 0 Å². The van der Waals surface area contributed by atoms with Crippen molar-refractivity contribution in [3.8, 4) is 0 Å². The molecule has 0 aliphatic heterocycles. The van der Waals surface area contributed by atoms with E-state index >= 15 is 0 Å². The lowest BCUT2D eigenvalue weighted by atomic mass is 9.96. The predicted molar refractivity (Wildman–Crippen MR) is 80.0 cm³/mol. The van der Waals surface area contributed by atoms with Gasteiger partial charge in [-0.1, -0.05) is 79.1 Å². The minimum Gasteiger partial charge on any atom is -0.481 e. The number of rotatable bonds is 11. The first-order valence-corrected chi connectivity index (χ1v) is 7.88. The second kappa shape index (κ2) is 16.5. The van der Waals surface area contributed by atoms with Crippen LogP contribution in [0.2, 0.25) is 0 Å². The lowest BCUT2D eigenvalue weighted by Crippen LogP contribution is -1.98. The van der Waals surface area contributed by atoms with Gasteiger partial charge >= 0.3 is 5.97 Å². The molecule has 18 heavy (non-hydrogen) atoms. The molecule has 0 heterocycles. The highest BCUT2D eigenvalue weighted by atomic mass is 16.4. The molecule has 0 aliphatic carbocycles. The van der Waals surface area contributed by atoms with Crippen LogP contribution in [0.25, 0.3) is 0 Å². The van der Waals surface area contributed by atoms with Gasteiger partial charge in [-0.15, -0.1) is 0 Å². The number of hydrogen-bond acceptors (Lipinski definition) is 1. The number of carbonyl (C=O) groups is 1. The van der Waals surface area contributed by atoms with E-state index in [-0.39, 0.29) is 0 Å². The van der Waals surface area contributed by atoms with Gasteiger partial charge in [0.05, 0.1) is 0 Å². The standard InChI is InChI=1S/C14H28O2.C2H6/c1-3-4-5-6-7-10-13(2)11-8-9-12-14(15)16;1-2/h13H,3-12H2,1-2H3,(H,15,16);1-2H3. The summed E-state index contributed by atoms with van der Waals surface area (Å²) in [6.45, 7) is 8.53. The van der Waals surface area contributed by atoms with Crippen molar-refractivity contribution in [3.63, 3.8) is 0 Å². The molecule has 0 aromatic carbocycles. The van der Waals surface area contributed by atoms with E-state index in [9.17, 15) is 4.79 Å². The molecule has 0 aliphatic rings. The van der Waals surface area contributed by atoms with Gasteiger partial charge in [-0.3, -0.25) is 4.79 Å². The first-order valence-electron chi connectivity index (χ1n) is 7.88. The molecule has 0 spiro atoms. The highest BCUT2D eigenvalue weighted by molar-refractivity contribution is 5.66. The Bertz CT molecular complexity index is 166. The molecule has 2 heteroatoms. The Kier molecular flexibility index (Phi) is 18.1. The van der Waals surface area contributed by atoms with E-state index in [2.05, 4.69) is 13.8 Å². The highest BCUT2D eigenvalue weighted by Crippen LogP contribution is 2.17. The van der Waals surface area contributed by atoms with E-state index in [1.165, 1.54) is 44.9 Å². The maximum Gasteiger partial charge on any atom is 0.303 e. The summed E-state index contributed by atoms with van der Waals surface area (Å²) >= 11 is 0. The van der Waals surface area contributed by atoms with Crippen LogP contribution in [0.1, 0.15) is 91.9 Å². The minimum atomic E-state index is -0.660. The zero-order chi connectivity index (χ0) is 14.2. The fraction of sp³-hybridized carbons (Fsp3) is 0.938.